The molecular weight excluding hydrogens is 572 g/mol. The number of nitrogens with zero attached hydrogens (tertiary/aromatic N) is 1. The van der Waals surface area contributed by atoms with Crippen LogP contribution in [0.25, 0.3) is 0 Å². The van der Waals surface area contributed by atoms with Crippen molar-refractivity contribution in [1.29, 1.82) is 0 Å². The van der Waals surface area contributed by atoms with Crippen LogP contribution >= 0.6 is 0 Å². The summed E-state index contributed by atoms with van der Waals surface area (Å²) in [6, 6.07) is 11.1. The van der Waals surface area contributed by atoms with Crippen molar-refractivity contribution in [3.8, 4) is 11.5 Å². The van der Waals surface area contributed by atoms with Gasteiger partial charge in [-0.25, -0.2) is 8.42 Å². The lowest BCUT2D eigenvalue weighted by molar-refractivity contribution is -0.133. The third kappa shape index (κ3) is 8.05. The summed E-state index contributed by atoms with van der Waals surface area (Å²) in [6.45, 7) is 9.96. The van der Waals surface area contributed by atoms with Crippen LogP contribution in [0.4, 0.5) is 0 Å². The molecule has 43 heavy (non-hydrogen) atoms. The molecule has 0 bridgehead atoms. The Morgan fingerprint density at radius 3 is 2.37 bits per heavy atom. The Morgan fingerprint density at radius 2 is 1.74 bits per heavy atom. The zero-order valence-corrected chi connectivity index (χ0v) is 26.3. The van der Waals surface area contributed by atoms with Crippen molar-refractivity contribution in [1.82, 2.24) is 20.3 Å². The number of sulfonamides is 1. The van der Waals surface area contributed by atoms with Gasteiger partial charge in [-0.15, -0.1) is 0 Å². The van der Waals surface area contributed by atoms with Gasteiger partial charge in [-0.05, 0) is 48.4 Å². The lowest BCUT2D eigenvalue weighted by Gasteiger charge is -2.35. The molecule has 1 fully saturated rings. The summed E-state index contributed by atoms with van der Waals surface area (Å²) >= 11 is 0. The number of amides is 2. The van der Waals surface area contributed by atoms with Gasteiger partial charge < -0.3 is 30.5 Å². The number of aliphatic hydroxyl groups is 1. The molecule has 0 aliphatic carbocycles. The predicted molar refractivity (Wildman–Crippen MR) is 162 cm³/mol. The number of aliphatic hydroxyl groups excluding tert-OH is 1. The van der Waals surface area contributed by atoms with Crippen molar-refractivity contribution in [2.24, 2.45) is 11.3 Å². The standard InChI is InChI=1S/C31H44N4O7S/c1-20(2)17-35(43(39,40)22-13-14-25-26(16-22)42-19-41-25)18-24(36)27(21-10-7-6-8-11-21)33-30(38)28(31(3,4)5)34-29(37)23-12-9-15-32-23/h6-8,10-11,13-14,16,20,23-24,27-28,32,36H,9,12,15,17-19H2,1-5H3,(H,33,38)(H,34,37)/t23-,24+,27?,28+/m0/s1. The van der Waals surface area contributed by atoms with Gasteiger partial charge in [0.15, 0.2) is 11.5 Å². The van der Waals surface area contributed by atoms with Crippen LogP contribution in [0.3, 0.4) is 0 Å². The summed E-state index contributed by atoms with van der Waals surface area (Å²) < 4.78 is 39.6. The molecule has 236 valence electrons. The fourth-order valence-electron chi connectivity index (χ4n) is 5.30. The average molecular weight is 617 g/mol. The number of fused-ring (bicyclic) bond motifs is 1. The fraction of sp³-hybridized carbons (Fsp3) is 0.548. The number of carbonyl (C=O) groups excluding carboxylic acids is 2. The van der Waals surface area contributed by atoms with Crippen molar-refractivity contribution in [2.75, 3.05) is 26.4 Å². The van der Waals surface area contributed by atoms with Gasteiger partial charge in [-0.3, -0.25) is 9.59 Å². The molecule has 2 aliphatic heterocycles. The minimum Gasteiger partial charge on any atom is -0.454 e. The maximum absolute atomic E-state index is 13.8. The lowest BCUT2D eigenvalue weighted by atomic mass is 9.85. The molecule has 4 N–H and O–H groups in total. The first-order valence-corrected chi connectivity index (χ1v) is 16.2. The number of benzene rings is 2. The van der Waals surface area contributed by atoms with Gasteiger partial charge in [0.1, 0.15) is 6.04 Å². The molecule has 2 aromatic carbocycles. The summed E-state index contributed by atoms with van der Waals surface area (Å²) in [6.07, 6.45) is 0.259. The monoisotopic (exact) mass is 616 g/mol. The number of hydrogen-bond donors (Lipinski definition) is 4. The van der Waals surface area contributed by atoms with Gasteiger partial charge in [-0.1, -0.05) is 65.0 Å². The minimum absolute atomic E-state index is 0.0128. The maximum Gasteiger partial charge on any atom is 0.243 e. The molecule has 4 rings (SSSR count). The Kier molecular flexibility index (Phi) is 10.4. The second kappa shape index (κ2) is 13.6. The van der Waals surface area contributed by atoms with Crippen LogP contribution in [0, 0.1) is 11.3 Å². The third-order valence-corrected chi connectivity index (χ3v) is 9.40. The molecule has 2 heterocycles. The molecule has 0 saturated carbocycles. The SMILES string of the molecule is CC(C)CN(C[C@@H](O)C(NC(=O)[C@@H](NC(=O)[C@@H]1CCCN1)C(C)(C)C)c1ccccc1)S(=O)(=O)c1ccc2c(c1)OCO2. The van der Waals surface area contributed by atoms with E-state index in [1.165, 1.54) is 16.4 Å². The molecule has 0 aromatic heterocycles. The van der Waals surface area contributed by atoms with Gasteiger partial charge in [0, 0.05) is 19.2 Å². The van der Waals surface area contributed by atoms with E-state index < -0.39 is 39.5 Å². The molecule has 2 amide bonds. The summed E-state index contributed by atoms with van der Waals surface area (Å²) in [4.78, 5) is 26.8. The van der Waals surface area contributed by atoms with Crippen LogP contribution in [0.1, 0.15) is 59.1 Å². The zero-order chi connectivity index (χ0) is 31.4. The Bertz CT molecular complexity index is 1370. The van der Waals surface area contributed by atoms with E-state index in [4.69, 9.17) is 9.47 Å². The summed E-state index contributed by atoms with van der Waals surface area (Å²) in [5, 5.41) is 20.6. The Hall–Kier alpha value is -3.19. The number of hydrogen-bond acceptors (Lipinski definition) is 8. The molecule has 11 nitrogen and oxygen atoms in total. The summed E-state index contributed by atoms with van der Waals surface area (Å²) in [5.74, 6) is 0.0302. The summed E-state index contributed by atoms with van der Waals surface area (Å²) in [7, 11) is -4.06. The van der Waals surface area contributed by atoms with Gasteiger partial charge in [-0.2, -0.15) is 4.31 Å². The largest absolute Gasteiger partial charge is 0.454 e. The van der Waals surface area contributed by atoms with Crippen LogP contribution in [-0.2, 0) is 19.6 Å². The van der Waals surface area contributed by atoms with Crippen molar-refractivity contribution in [3.63, 3.8) is 0 Å². The number of nitrogens with one attached hydrogen (secondary N) is 3. The molecule has 1 unspecified atom stereocenters. The Balaban J connectivity index is 1.60. The Labute approximate surface area is 254 Å². The molecule has 2 aliphatic rings. The minimum atomic E-state index is -4.06. The van der Waals surface area contributed by atoms with Crippen molar-refractivity contribution in [3.05, 3.63) is 54.1 Å². The summed E-state index contributed by atoms with van der Waals surface area (Å²) in [5.41, 5.74) is -0.0403. The van der Waals surface area contributed by atoms with Crippen molar-refractivity contribution >= 4 is 21.8 Å². The van der Waals surface area contributed by atoms with Crippen molar-refractivity contribution < 1.29 is 32.6 Å². The average Bonchev–Trinajstić information content (AvgIpc) is 3.66. The predicted octanol–water partition coefficient (Wildman–Crippen LogP) is 2.56. The molecule has 1 saturated heterocycles. The highest BCUT2D eigenvalue weighted by Crippen LogP contribution is 2.35. The zero-order valence-electron chi connectivity index (χ0n) is 25.5. The highest BCUT2D eigenvalue weighted by atomic mass is 32.2. The third-order valence-electron chi connectivity index (χ3n) is 7.57. The number of rotatable bonds is 12. The highest BCUT2D eigenvalue weighted by molar-refractivity contribution is 7.89. The molecular formula is C31H44N4O7S. The second-order valence-corrected chi connectivity index (χ2v) is 14.6. The van der Waals surface area contributed by atoms with Crippen LogP contribution in [0.2, 0.25) is 0 Å². The van der Waals surface area contributed by atoms with E-state index in [0.29, 0.717) is 23.5 Å². The van der Waals surface area contributed by atoms with Gasteiger partial charge >= 0.3 is 0 Å². The van der Waals surface area contributed by atoms with E-state index in [2.05, 4.69) is 16.0 Å². The van der Waals surface area contributed by atoms with E-state index >= 15 is 0 Å². The van der Waals surface area contributed by atoms with E-state index in [1.54, 1.807) is 30.3 Å². The van der Waals surface area contributed by atoms with Gasteiger partial charge in [0.25, 0.3) is 0 Å². The second-order valence-electron chi connectivity index (χ2n) is 12.7. The van der Waals surface area contributed by atoms with Gasteiger partial charge in [0.2, 0.25) is 28.6 Å². The first kappa shape index (κ1) is 32.7. The van der Waals surface area contributed by atoms with Crippen LogP contribution in [0.5, 0.6) is 11.5 Å². The van der Waals surface area contributed by atoms with Crippen LogP contribution in [-0.4, -0.2) is 74.3 Å². The van der Waals surface area contributed by atoms with E-state index in [9.17, 15) is 23.1 Å². The molecule has 12 heteroatoms. The van der Waals surface area contributed by atoms with Gasteiger partial charge in [0.05, 0.1) is 23.1 Å². The molecule has 0 radical (unpaired) electrons. The molecule has 0 spiro atoms. The number of ether oxygens (including phenoxy) is 2. The van der Waals surface area contributed by atoms with E-state index in [1.807, 2.05) is 40.7 Å². The quantitative estimate of drug-likeness (QED) is 0.285. The Morgan fingerprint density at radius 1 is 1.05 bits per heavy atom. The maximum atomic E-state index is 13.8. The van der Waals surface area contributed by atoms with E-state index in [-0.39, 0.29) is 42.6 Å². The number of carbonyl (C=O) groups is 2. The highest BCUT2D eigenvalue weighted by Gasteiger charge is 2.38. The van der Waals surface area contributed by atoms with Crippen molar-refractivity contribution in [2.45, 2.75) is 76.6 Å². The van der Waals surface area contributed by atoms with Crippen LogP contribution in [0.15, 0.2) is 53.4 Å². The van der Waals surface area contributed by atoms with Crippen LogP contribution < -0.4 is 25.4 Å². The lowest BCUT2D eigenvalue weighted by Crippen LogP contribution is -2.58. The normalized spacial score (nSPS) is 18.8. The smallest absolute Gasteiger partial charge is 0.243 e. The first-order valence-electron chi connectivity index (χ1n) is 14.7. The fourth-order valence-corrected chi connectivity index (χ4v) is 6.94. The molecule has 4 atom stereocenters. The molecule has 2 aromatic rings. The topological polar surface area (TPSA) is 146 Å². The first-order chi connectivity index (χ1) is 20.3. The van der Waals surface area contributed by atoms with E-state index in [0.717, 1.165) is 13.0 Å².